The summed E-state index contributed by atoms with van der Waals surface area (Å²) in [7, 11) is -3.70. The molecule has 16 heavy (non-hydrogen) atoms. The van der Waals surface area contributed by atoms with Crippen LogP contribution in [0.5, 0.6) is 0 Å². The van der Waals surface area contributed by atoms with Gasteiger partial charge >= 0.3 is 0 Å². The Morgan fingerprint density at radius 3 is 2.31 bits per heavy atom. The van der Waals surface area contributed by atoms with Crippen molar-refractivity contribution in [3.05, 3.63) is 34.4 Å². The minimum absolute atomic E-state index is 0.0773. The number of non-ortho nitro benzene ring substituents is 1. The Balaban J connectivity index is 2.93. The van der Waals surface area contributed by atoms with E-state index in [4.69, 9.17) is 5.11 Å². The van der Waals surface area contributed by atoms with Crippen molar-refractivity contribution in [2.75, 3.05) is 13.2 Å². The van der Waals surface area contributed by atoms with E-state index in [2.05, 4.69) is 4.72 Å². The van der Waals surface area contributed by atoms with Gasteiger partial charge in [0.1, 0.15) is 0 Å². The molecule has 1 aromatic carbocycles. The van der Waals surface area contributed by atoms with E-state index in [1.54, 1.807) is 0 Å². The molecule has 0 saturated carbocycles. The van der Waals surface area contributed by atoms with Gasteiger partial charge in [-0.2, -0.15) is 0 Å². The van der Waals surface area contributed by atoms with Crippen LogP contribution in [0.15, 0.2) is 29.2 Å². The lowest BCUT2D eigenvalue weighted by molar-refractivity contribution is -0.384. The molecular formula is C8H10N2O5S. The van der Waals surface area contributed by atoms with Crippen molar-refractivity contribution in [3.8, 4) is 0 Å². The number of sulfonamides is 1. The predicted molar refractivity (Wildman–Crippen MR) is 55.4 cm³/mol. The SMILES string of the molecule is O=[N+]([O-])c1ccc(S(=O)(=O)NCCO)cc1. The van der Waals surface area contributed by atoms with E-state index in [-0.39, 0.29) is 23.7 Å². The average molecular weight is 246 g/mol. The van der Waals surface area contributed by atoms with Gasteiger partial charge in [-0.3, -0.25) is 10.1 Å². The summed E-state index contributed by atoms with van der Waals surface area (Å²) >= 11 is 0. The first-order valence-corrected chi connectivity index (χ1v) is 5.80. The molecule has 0 fully saturated rings. The van der Waals surface area contributed by atoms with E-state index in [1.807, 2.05) is 0 Å². The van der Waals surface area contributed by atoms with Crippen molar-refractivity contribution in [2.24, 2.45) is 0 Å². The van der Waals surface area contributed by atoms with Crippen LogP contribution in [0, 0.1) is 10.1 Å². The van der Waals surface area contributed by atoms with Crippen molar-refractivity contribution >= 4 is 15.7 Å². The topological polar surface area (TPSA) is 110 Å². The third-order valence-corrected chi connectivity index (χ3v) is 3.24. The van der Waals surface area contributed by atoms with Gasteiger partial charge in [0.05, 0.1) is 16.4 Å². The number of rotatable bonds is 5. The molecule has 8 heteroatoms. The highest BCUT2D eigenvalue weighted by atomic mass is 32.2. The summed E-state index contributed by atoms with van der Waals surface area (Å²) in [5, 5.41) is 18.8. The molecule has 0 saturated heterocycles. The Morgan fingerprint density at radius 1 is 1.31 bits per heavy atom. The van der Waals surface area contributed by atoms with Gasteiger partial charge in [-0.05, 0) is 12.1 Å². The molecule has 88 valence electrons. The van der Waals surface area contributed by atoms with Gasteiger partial charge in [0.2, 0.25) is 10.0 Å². The van der Waals surface area contributed by atoms with Crippen LogP contribution in [0.2, 0.25) is 0 Å². The minimum Gasteiger partial charge on any atom is -0.395 e. The second-order valence-corrected chi connectivity index (χ2v) is 4.64. The number of hydrogen-bond acceptors (Lipinski definition) is 5. The molecule has 0 aliphatic rings. The molecule has 0 aliphatic carbocycles. The van der Waals surface area contributed by atoms with Crippen LogP contribution in [0.4, 0.5) is 5.69 Å². The molecule has 2 N–H and O–H groups in total. The number of aliphatic hydroxyl groups excluding tert-OH is 1. The maximum Gasteiger partial charge on any atom is 0.269 e. The third-order valence-electron chi connectivity index (χ3n) is 1.76. The summed E-state index contributed by atoms with van der Waals surface area (Å²) in [5.74, 6) is 0. The first kappa shape index (κ1) is 12.6. The lowest BCUT2D eigenvalue weighted by atomic mass is 10.3. The zero-order valence-electron chi connectivity index (χ0n) is 8.16. The largest absolute Gasteiger partial charge is 0.395 e. The van der Waals surface area contributed by atoms with Crippen LogP contribution >= 0.6 is 0 Å². The van der Waals surface area contributed by atoms with Crippen LogP contribution in [-0.4, -0.2) is 31.6 Å². The normalized spacial score (nSPS) is 11.3. The number of nitro groups is 1. The monoisotopic (exact) mass is 246 g/mol. The Kier molecular flexibility index (Phi) is 3.93. The molecule has 0 radical (unpaired) electrons. The van der Waals surface area contributed by atoms with Gasteiger partial charge in [0.25, 0.3) is 5.69 Å². The molecule has 0 amide bonds. The molecule has 0 unspecified atom stereocenters. The second kappa shape index (κ2) is 5.01. The number of benzene rings is 1. The molecule has 1 rings (SSSR count). The highest BCUT2D eigenvalue weighted by Gasteiger charge is 2.14. The lowest BCUT2D eigenvalue weighted by Gasteiger charge is -2.04. The first-order chi connectivity index (χ1) is 7.47. The van der Waals surface area contributed by atoms with E-state index in [0.717, 1.165) is 24.3 Å². The molecule has 0 heterocycles. The summed E-state index contributed by atoms with van der Waals surface area (Å²) in [6, 6.07) is 4.48. The van der Waals surface area contributed by atoms with Crippen LogP contribution in [0.1, 0.15) is 0 Å². The van der Waals surface area contributed by atoms with Gasteiger partial charge in [0, 0.05) is 18.7 Å². The van der Waals surface area contributed by atoms with Gasteiger partial charge < -0.3 is 5.11 Å². The van der Waals surface area contributed by atoms with E-state index < -0.39 is 14.9 Å². The van der Waals surface area contributed by atoms with E-state index in [1.165, 1.54) is 0 Å². The molecule has 0 bridgehead atoms. The van der Waals surface area contributed by atoms with Crippen molar-refractivity contribution < 1.29 is 18.4 Å². The van der Waals surface area contributed by atoms with Gasteiger partial charge in [0.15, 0.2) is 0 Å². The molecule has 7 nitrogen and oxygen atoms in total. The Bertz CT molecular complexity index is 468. The summed E-state index contributed by atoms with van der Waals surface area (Å²) in [6.07, 6.45) is 0. The van der Waals surface area contributed by atoms with E-state index >= 15 is 0 Å². The van der Waals surface area contributed by atoms with Crippen LogP contribution in [0.3, 0.4) is 0 Å². The van der Waals surface area contributed by atoms with Crippen LogP contribution < -0.4 is 4.72 Å². The van der Waals surface area contributed by atoms with Crippen LogP contribution in [-0.2, 0) is 10.0 Å². The molecular weight excluding hydrogens is 236 g/mol. The lowest BCUT2D eigenvalue weighted by Crippen LogP contribution is -2.26. The highest BCUT2D eigenvalue weighted by Crippen LogP contribution is 2.15. The summed E-state index contributed by atoms with van der Waals surface area (Å²) in [5.41, 5.74) is -0.180. The highest BCUT2D eigenvalue weighted by molar-refractivity contribution is 7.89. The average Bonchev–Trinajstić information content (AvgIpc) is 2.26. The summed E-state index contributed by atoms with van der Waals surface area (Å²) < 4.78 is 25.1. The molecule has 1 aromatic rings. The first-order valence-electron chi connectivity index (χ1n) is 4.32. The molecule has 0 spiro atoms. The number of aliphatic hydroxyl groups is 1. The zero-order chi connectivity index (χ0) is 12.2. The molecule has 0 aromatic heterocycles. The van der Waals surface area contributed by atoms with Crippen molar-refractivity contribution in [2.45, 2.75) is 4.90 Å². The fourth-order valence-electron chi connectivity index (χ4n) is 1.01. The number of nitrogens with one attached hydrogen (secondary N) is 1. The van der Waals surface area contributed by atoms with Gasteiger partial charge in [-0.1, -0.05) is 0 Å². The fraction of sp³-hybridized carbons (Fsp3) is 0.250. The second-order valence-electron chi connectivity index (χ2n) is 2.87. The fourth-order valence-corrected chi connectivity index (χ4v) is 2.03. The molecule has 0 aliphatic heterocycles. The summed E-state index contributed by atoms with van der Waals surface area (Å²) in [6.45, 7) is -0.411. The van der Waals surface area contributed by atoms with E-state index in [9.17, 15) is 18.5 Å². The Morgan fingerprint density at radius 2 is 1.88 bits per heavy atom. The van der Waals surface area contributed by atoms with E-state index in [0.29, 0.717) is 0 Å². The number of nitro benzene ring substituents is 1. The van der Waals surface area contributed by atoms with Gasteiger partial charge in [-0.25, -0.2) is 13.1 Å². The Labute approximate surface area is 91.9 Å². The smallest absolute Gasteiger partial charge is 0.269 e. The number of hydrogen-bond donors (Lipinski definition) is 2. The standard InChI is InChI=1S/C8H10N2O5S/c11-6-5-9-16(14,15)8-3-1-7(2-4-8)10(12)13/h1-4,9,11H,5-6H2. The van der Waals surface area contributed by atoms with Crippen LogP contribution in [0.25, 0.3) is 0 Å². The van der Waals surface area contributed by atoms with Crippen molar-refractivity contribution in [3.63, 3.8) is 0 Å². The third kappa shape index (κ3) is 2.99. The Hall–Kier alpha value is -1.51. The minimum atomic E-state index is -3.70. The summed E-state index contributed by atoms with van der Waals surface area (Å²) in [4.78, 5) is 9.65. The quantitative estimate of drug-likeness (QED) is 0.555. The zero-order valence-corrected chi connectivity index (χ0v) is 8.98. The number of nitrogens with zero attached hydrogens (tertiary/aromatic N) is 1. The van der Waals surface area contributed by atoms with Crippen molar-refractivity contribution in [1.82, 2.24) is 4.72 Å². The maximum absolute atomic E-state index is 11.5. The molecule has 0 atom stereocenters. The van der Waals surface area contributed by atoms with Crippen molar-refractivity contribution in [1.29, 1.82) is 0 Å². The van der Waals surface area contributed by atoms with Gasteiger partial charge in [-0.15, -0.1) is 0 Å². The maximum atomic E-state index is 11.5. The predicted octanol–water partition coefficient (Wildman–Crippen LogP) is -0.135.